The monoisotopic (exact) mass is 447 g/mol. The highest BCUT2D eigenvalue weighted by Crippen LogP contribution is 2.34. The number of fused-ring (bicyclic) bond motifs is 1. The Hall–Kier alpha value is -3.06. The molecule has 0 unspecified atom stereocenters. The molecule has 4 aromatic rings. The van der Waals surface area contributed by atoms with Crippen LogP contribution in [0.25, 0.3) is 22.4 Å². The number of aromatic nitrogens is 3. The van der Waals surface area contributed by atoms with Gasteiger partial charge in [0.25, 0.3) is 5.56 Å². The van der Waals surface area contributed by atoms with Crippen molar-refractivity contribution < 1.29 is 9.15 Å². The molecule has 0 aliphatic heterocycles. The van der Waals surface area contributed by atoms with Gasteiger partial charge in [-0.25, -0.2) is 9.97 Å². The molecule has 2 aromatic carbocycles. The third kappa shape index (κ3) is 3.93. The molecule has 1 aliphatic rings. The number of benzene rings is 2. The summed E-state index contributed by atoms with van der Waals surface area (Å²) in [5.74, 6) is 2.74. The van der Waals surface area contributed by atoms with Gasteiger partial charge in [0.1, 0.15) is 11.5 Å². The van der Waals surface area contributed by atoms with Crippen LogP contribution in [-0.4, -0.2) is 21.6 Å². The molecular formula is C25H25N3O3S. The first-order chi connectivity index (χ1) is 15.6. The quantitative estimate of drug-likeness (QED) is 0.276. The number of aryl methyl sites for hydroxylation is 1. The summed E-state index contributed by atoms with van der Waals surface area (Å²) in [5, 5.41) is 1.44. The number of ether oxygens (including phenoxy) is 1. The van der Waals surface area contributed by atoms with Gasteiger partial charge in [-0.3, -0.25) is 9.36 Å². The van der Waals surface area contributed by atoms with Crippen molar-refractivity contribution in [3.63, 3.8) is 0 Å². The number of rotatable bonds is 6. The number of para-hydroxylation sites is 1. The molecular weight excluding hydrogens is 422 g/mol. The minimum absolute atomic E-state index is 0.0563. The second-order valence-electron chi connectivity index (χ2n) is 8.06. The number of oxazole rings is 1. The molecule has 7 heteroatoms. The van der Waals surface area contributed by atoms with E-state index in [0.29, 0.717) is 17.0 Å². The van der Waals surface area contributed by atoms with E-state index in [2.05, 4.69) is 0 Å². The highest BCUT2D eigenvalue weighted by Gasteiger charge is 2.23. The normalized spacial score (nSPS) is 14.3. The summed E-state index contributed by atoms with van der Waals surface area (Å²) in [7, 11) is 1.64. The predicted molar refractivity (Wildman–Crippen MR) is 126 cm³/mol. The smallest absolute Gasteiger partial charge is 0.262 e. The fourth-order valence-electron chi connectivity index (χ4n) is 4.26. The Balaban J connectivity index is 1.45. The summed E-state index contributed by atoms with van der Waals surface area (Å²) < 4.78 is 13.1. The van der Waals surface area contributed by atoms with Crippen LogP contribution in [0.5, 0.6) is 5.75 Å². The maximum absolute atomic E-state index is 13.3. The van der Waals surface area contributed by atoms with Gasteiger partial charge in [0.2, 0.25) is 5.89 Å². The second-order valence-corrected chi connectivity index (χ2v) is 9.01. The SMILES string of the molecule is COc1ccc(-c2nc(CSc3nc4ccccc4c(=O)n3C3CCCC3)c(C)o2)cc1. The zero-order valence-electron chi connectivity index (χ0n) is 18.2. The third-order valence-electron chi connectivity index (χ3n) is 6.03. The van der Waals surface area contributed by atoms with Crippen molar-refractivity contribution in [3.05, 3.63) is 70.3 Å². The Morgan fingerprint density at radius 2 is 1.84 bits per heavy atom. The Morgan fingerprint density at radius 1 is 1.09 bits per heavy atom. The molecule has 0 N–H and O–H groups in total. The van der Waals surface area contributed by atoms with Gasteiger partial charge in [-0.15, -0.1) is 0 Å². The largest absolute Gasteiger partial charge is 0.497 e. The van der Waals surface area contributed by atoms with E-state index in [9.17, 15) is 4.79 Å². The molecule has 32 heavy (non-hydrogen) atoms. The number of nitrogens with zero attached hydrogens (tertiary/aromatic N) is 3. The average molecular weight is 448 g/mol. The van der Waals surface area contributed by atoms with E-state index in [1.165, 1.54) is 0 Å². The number of methoxy groups -OCH3 is 1. The Bertz CT molecular complexity index is 1300. The first-order valence-corrected chi connectivity index (χ1v) is 11.9. The second kappa shape index (κ2) is 8.82. The van der Waals surface area contributed by atoms with E-state index in [0.717, 1.165) is 59.1 Å². The highest BCUT2D eigenvalue weighted by atomic mass is 32.2. The summed E-state index contributed by atoms with van der Waals surface area (Å²) >= 11 is 1.55. The Morgan fingerprint density at radius 3 is 2.59 bits per heavy atom. The molecule has 0 spiro atoms. The van der Waals surface area contributed by atoms with Crippen molar-refractivity contribution >= 4 is 22.7 Å². The van der Waals surface area contributed by atoms with Crippen LogP contribution in [-0.2, 0) is 5.75 Å². The fraction of sp³-hybridized carbons (Fsp3) is 0.320. The summed E-state index contributed by atoms with van der Waals surface area (Å²) in [5.41, 5.74) is 2.56. The van der Waals surface area contributed by atoms with Gasteiger partial charge in [-0.2, -0.15) is 0 Å². The zero-order valence-corrected chi connectivity index (χ0v) is 19.0. The van der Waals surface area contributed by atoms with Gasteiger partial charge in [0.05, 0.1) is 23.7 Å². The first kappa shape index (κ1) is 20.8. The lowest BCUT2D eigenvalue weighted by Gasteiger charge is -2.18. The molecule has 164 valence electrons. The molecule has 1 saturated carbocycles. The number of hydrogen-bond acceptors (Lipinski definition) is 6. The molecule has 2 aromatic heterocycles. The van der Waals surface area contributed by atoms with Crippen molar-refractivity contribution in [1.82, 2.24) is 14.5 Å². The van der Waals surface area contributed by atoms with Crippen molar-refractivity contribution in [2.75, 3.05) is 7.11 Å². The molecule has 0 amide bonds. The zero-order chi connectivity index (χ0) is 22.1. The van der Waals surface area contributed by atoms with Crippen LogP contribution in [0.15, 0.2) is 62.9 Å². The van der Waals surface area contributed by atoms with Gasteiger partial charge in [0.15, 0.2) is 5.16 Å². The van der Waals surface area contributed by atoms with Gasteiger partial charge >= 0.3 is 0 Å². The lowest BCUT2D eigenvalue weighted by atomic mass is 10.2. The van der Waals surface area contributed by atoms with E-state index in [-0.39, 0.29) is 11.6 Å². The van der Waals surface area contributed by atoms with E-state index < -0.39 is 0 Å². The van der Waals surface area contributed by atoms with Crippen LogP contribution in [0.1, 0.15) is 43.2 Å². The lowest BCUT2D eigenvalue weighted by molar-refractivity contribution is 0.415. The van der Waals surface area contributed by atoms with Crippen LogP contribution in [0, 0.1) is 6.92 Å². The minimum atomic E-state index is 0.0563. The van der Waals surface area contributed by atoms with Crippen LogP contribution in [0.3, 0.4) is 0 Å². The molecule has 6 nitrogen and oxygen atoms in total. The van der Waals surface area contributed by atoms with Gasteiger partial charge in [-0.1, -0.05) is 36.7 Å². The molecule has 5 rings (SSSR count). The van der Waals surface area contributed by atoms with E-state index in [1.54, 1.807) is 18.9 Å². The standard InChI is InChI=1S/C25H25N3O3S/c1-16-22(26-23(31-16)17-11-13-19(30-2)14-12-17)15-32-25-27-21-10-6-5-9-20(21)24(29)28(25)18-7-3-4-8-18/h5-6,9-14,18H,3-4,7-8,15H2,1-2H3. The van der Waals surface area contributed by atoms with Gasteiger partial charge < -0.3 is 9.15 Å². The number of hydrogen-bond donors (Lipinski definition) is 0. The van der Waals surface area contributed by atoms with Crippen LogP contribution in [0.2, 0.25) is 0 Å². The maximum atomic E-state index is 13.3. The van der Waals surface area contributed by atoms with Gasteiger partial charge in [0, 0.05) is 17.4 Å². The van der Waals surface area contributed by atoms with E-state index in [4.69, 9.17) is 19.1 Å². The first-order valence-electron chi connectivity index (χ1n) is 10.9. The van der Waals surface area contributed by atoms with Crippen molar-refractivity contribution in [1.29, 1.82) is 0 Å². The fourth-order valence-corrected chi connectivity index (χ4v) is 5.33. The lowest BCUT2D eigenvalue weighted by Crippen LogP contribution is -2.26. The van der Waals surface area contributed by atoms with Crippen molar-refractivity contribution in [3.8, 4) is 17.2 Å². The summed E-state index contributed by atoms with van der Waals surface area (Å²) in [6.45, 7) is 1.92. The molecule has 0 bridgehead atoms. The number of thioether (sulfide) groups is 1. The summed E-state index contributed by atoms with van der Waals surface area (Å²) in [6.07, 6.45) is 4.36. The summed E-state index contributed by atoms with van der Waals surface area (Å²) in [6, 6.07) is 15.5. The maximum Gasteiger partial charge on any atom is 0.262 e. The molecule has 0 atom stereocenters. The van der Waals surface area contributed by atoms with Crippen molar-refractivity contribution in [2.24, 2.45) is 0 Å². The van der Waals surface area contributed by atoms with Crippen LogP contribution in [0.4, 0.5) is 0 Å². The van der Waals surface area contributed by atoms with Gasteiger partial charge in [-0.05, 0) is 56.2 Å². The summed E-state index contributed by atoms with van der Waals surface area (Å²) in [4.78, 5) is 22.9. The van der Waals surface area contributed by atoms with E-state index in [1.807, 2.05) is 60.0 Å². The Labute approximate surface area is 190 Å². The molecule has 1 aliphatic carbocycles. The Kier molecular flexibility index (Phi) is 5.74. The topological polar surface area (TPSA) is 70.2 Å². The molecule has 1 fully saturated rings. The average Bonchev–Trinajstić information content (AvgIpc) is 3.48. The van der Waals surface area contributed by atoms with Crippen LogP contribution < -0.4 is 10.3 Å². The molecule has 0 saturated heterocycles. The molecule has 2 heterocycles. The van der Waals surface area contributed by atoms with Crippen molar-refractivity contribution in [2.45, 2.75) is 49.6 Å². The minimum Gasteiger partial charge on any atom is -0.497 e. The van der Waals surface area contributed by atoms with Crippen LogP contribution >= 0.6 is 11.8 Å². The van der Waals surface area contributed by atoms with E-state index >= 15 is 0 Å². The predicted octanol–water partition coefficient (Wildman–Crippen LogP) is 5.78. The molecule has 0 radical (unpaired) electrons. The highest BCUT2D eigenvalue weighted by molar-refractivity contribution is 7.98. The third-order valence-corrected chi connectivity index (χ3v) is 7.00.